The van der Waals surface area contributed by atoms with Crippen LogP contribution >= 0.6 is 0 Å². The Kier molecular flexibility index (Phi) is 4.20. The summed E-state index contributed by atoms with van der Waals surface area (Å²) in [6.45, 7) is 10.5. The lowest BCUT2D eigenvalue weighted by Crippen LogP contribution is -2.43. The van der Waals surface area contributed by atoms with Crippen molar-refractivity contribution in [2.45, 2.75) is 46.1 Å². The van der Waals surface area contributed by atoms with Gasteiger partial charge in [-0.15, -0.1) is 0 Å². The number of rotatable bonds is 4. The average molecular weight is 184 g/mol. The van der Waals surface area contributed by atoms with E-state index in [1.54, 1.807) is 0 Å². The topological polar surface area (TPSA) is 24.1 Å². The molecular weight excluding hydrogens is 160 g/mol. The molecule has 1 aliphatic heterocycles. The molecular formula is C11H24N2. The van der Waals surface area contributed by atoms with Gasteiger partial charge in [0.25, 0.3) is 0 Å². The zero-order chi connectivity index (χ0) is 9.73. The molecule has 0 saturated carbocycles. The zero-order valence-corrected chi connectivity index (χ0v) is 9.32. The third kappa shape index (κ3) is 4.10. The number of piperidine rings is 1. The predicted molar refractivity (Wildman–Crippen MR) is 58.0 cm³/mol. The highest BCUT2D eigenvalue weighted by Crippen LogP contribution is 2.18. The summed E-state index contributed by atoms with van der Waals surface area (Å²) < 4.78 is 0. The van der Waals surface area contributed by atoms with Crippen LogP contribution in [0.15, 0.2) is 0 Å². The fourth-order valence-electron chi connectivity index (χ4n) is 1.57. The molecule has 1 saturated heterocycles. The summed E-state index contributed by atoms with van der Waals surface area (Å²) in [5.74, 6) is 0. The molecule has 0 bridgehead atoms. The molecule has 2 N–H and O–H groups in total. The van der Waals surface area contributed by atoms with E-state index in [2.05, 4.69) is 31.4 Å². The molecule has 0 unspecified atom stereocenters. The van der Waals surface area contributed by atoms with Gasteiger partial charge in [-0.1, -0.05) is 20.8 Å². The molecule has 13 heavy (non-hydrogen) atoms. The SMILES string of the molecule is CCC(C)(C)CNC1CCNCC1. The Balaban J connectivity index is 2.17. The summed E-state index contributed by atoms with van der Waals surface area (Å²) in [7, 11) is 0. The first kappa shape index (κ1) is 11.0. The lowest BCUT2D eigenvalue weighted by Gasteiger charge is -2.29. The third-order valence-corrected chi connectivity index (χ3v) is 3.17. The maximum absolute atomic E-state index is 3.67. The maximum atomic E-state index is 3.67. The molecule has 0 aliphatic carbocycles. The first-order valence-electron chi connectivity index (χ1n) is 5.58. The number of hydrogen-bond donors (Lipinski definition) is 2. The quantitative estimate of drug-likeness (QED) is 0.696. The largest absolute Gasteiger partial charge is 0.317 e. The van der Waals surface area contributed by atoms with Crippen molar-refractivity contribution in [1.82, 2.24) is 10.6 Å². The molecule has 0 aromatic heterocycles. The Bertz CT molecular complexity index is 137. The van der Waals surface area contributed by atoms with E-state index in [0.717, 1.165) is 12.6 Å². The highest BCUT2D eigenvalue weighted by atomic mass is 15.0. The van der Waals surface area contributed by atoms with Gasteiger partial charge in [0.2, 0.25) is 0 Å². The van der Waals surface area contributed by atoms with Crippen molar-refractivity contribution in [2.24, 2.45) is 5.41 Å². The van der Waals surface area contributed by atoms with Gasteiger partial charge in [-0.3, -0.25) is 0 Å². The number of hydrogen-bond acceptors (Lipinski definition) is 2. The van der Waals surface area contributed by atoms with Crippen molar-refractivity contribution in [3.63, 3.8) is 0 Å². The minimum absolute atomic E-state index is 0.463. The van der Waals surface area contributed by atoms with Crippen LogP contribution in [-0.4, -0.2) is 25.7 Å². The van der Waals surface area contributed by atoms with Crippen molar-refractivity contribution in [3.8, 4) is 0 Å². The van der Waals surface area contributed by atoms with Crippen molar-refractivity contribution < 1.29 is 0 Å². The number of nitrogens with one attached hydrogen (secondary N) is 2. The second-order valence-corrected chi connectivity index (χ2v) is 4.92. The van der Waals surface area contributed by atoms with Crippen LogP contribution in [0.5, 0.6) is 0 Å². The fourth-order valence-corrected chi connectivity index (χ4v) is 1.57. The molecule has 0 amide bonds. The van der Waals surface area contributed by atoms with Gasteiger partial charge in [-0.2, -0.15) is 0 Å². The summed E-state index contributed by atoms with van der Waals surface area (Å²) in [5, 5.41) is 7.06. The van der Waals surface area contributed by atoms with Crippen LogP contribution in [0, 0.1) is 5.41 Å². The molecule has 0 aromatic rings. The molecule has 0 spiro atoms. The minimum atomic E-state index is 0.463. The summed E-state index contributed by atoms with van der Waals surface area (Å²) in [5.41, 5.74) is 0.463. The Labute approximate surface area is 82.5 Å². The first-order chi connectivity index (χ1) is 6.14. The van der Waals surface area contributed by atoms with Gasteiger partial charge in [-0.05, 0) is 37.8 Å². The van der Waals surface area contributed by atoms with E-state index in [9.17, 15) is 0 Å². The molecule has 1 fully saturated rings. The molecule has 1 heterocycles. The zero-order valence-electron chi connectivity index (χ0n) is 9.32. The van der Waals surface area contributed by atoms with Crippen molar-refractivity contribution in [3.05, 3.63) is 0 Å². The maximum Gasteiger partial charge on any atom is 0.00914 e. The normalized spacial score (nSPS) is 20.5. The molecule has 0 radical (unpaired) electrons. The summed E-state index contributed by atoms with van der Waals surface area (Å²) in [6, 6.07) is 0.757. The van der Waals surface area contributed by atoms with Crippen LogP contribution in [0.4, 0.5) is 0 Å². The van der Waals surface area contributed by atoms with E-state index < -0.39 is 0 Å². The second-order valence-electron chi connectivity index (χ2n) is 4.92. The van der Waals surface area contributed by atoms with Crippen LogP contribution < -0.4 is 10.6 Å². The van der Waals surface area contributed by atoms with Gasteiger partial charge < -0.3 is 10.6 Å². The summed E-state index contributed by atoms with van der Waals surface area (Å²) in [6.07, 6.45) is 3.84. The van der Waals surface area contributed by atoms with Gasteiger partial charge in [0.05, 0.1) is 0 Å². The lowest BCUT2D eigenvalue weighted by molar-refractivity contribution is 0.285. The summed E-state index contributed by atoms with van der Waals surface area (Å²) >= 11 is 0. The molecule has 2 heteroatoms. The molecule has 0 aromatic carbocycles. The highest BCUT2D eigenvalue weighted by Gasteiger charge is 2.18. The predicted octanol–water partition coefficient (Wildman–Crippen LogP) is 1.76. The van der Waals surface area contributed by atoms with Crippen molar-refractivity contribution >= 4 is 0 Å². The van der Waals surface area contributed by atoms with E-state index in [-0.39, 0.29) is 0 Å². The van der Waals surface area contributed by atoms with Crippen LogP contribution in [0.2, 0.25) is 0 Å². The van der Waals surface area contributed by atoms with E-state index in [0.29, 0.717) is 5.41 Å². The van der Waals surface area contributed by atoms with Gasteiger partial charge in [0, 0.05) is 12.6 Å². The van der Waals surface area contributed by atoms with Crippen LogP contribution in [-0.2, 0) is 0 Å². The first-order valence-corrected chi connectivity index (χ1v) is 5.58. The average Bonchev–Trinajstić information content (AvgIpc) is 2.17. The molecule has 0 atom stereocenters. The Morgan fingerprint density at radius 1 is 1.31 bits per heavy atom. The lowest BCUT2D eigenvalue weighted by atomic mass is 9.89. The fraction of sp³-hybridized carbons (Fsp3) is 1.00. The van der Waals surface area contributed by atoms with Crippen LogP contribution in [0.25, 0.3) is 0 Å². The standard InChI is InChI=1S/C11H24N2/c1-4-11(2,3)9-13-10-5-7-12-8-6-10/h10,12-13H,4-9H2,1-3H3. The minimum Gasteiger partial charge on any atom is -0.317 e. The van der Waals surface area contributed by atoms with E-state index in [1.165, 1.54) is 32.4 Å². The molecule has 2 nitrogen and oxygen atoms in total. The van der Waals surface area contributed by atoms with Crippen LogP contribution in [0.1, 0.15) is 40.0 Å². The smallest absolute Gasteiger partial charge is 0.00914 e. The van der Waals surface area contributed by atoms with Gasteiger partial charge in [-0.25, -0.2) is 0 Å². The Morgan fingerprint density at radius 2 is 1.92 bits per heavy atom. The molecule has 1 rings (SSSR count). The summed E-state index contributed by atoms with van der Waals surface area (Å²) in [4.78, 5) is 0. The second kappa shape index (κ2) is 4.97. The van der Waals surface area contributed by atoms with Crippen molar-refractivity contribution in [1.29, 1.82) is 0 Å². The third-order valence-electron chi connectivity index (χ3n) is 3.17. The van der Waals surface area contributed by atoms with E-state index >= 15 is 0 Å². The van der Waals surface area contributed by atoms with Gasteiger partial charge >= 0.3 is 0 Å². The Hall–Kier alpha value is -0.0800. The highest BCUT2D eigenvalue weighted by molar-refractivity contribution is 4.78. The Morgan fingerprint density at radius 3 is 2.46 bits per heavy atom. The molecule has 1 aliphatic rings. The molecule has 78 valence electrons. The van der Waals surface area contributed by atoms with Gasteiger partial charge in [0.1, 0.15) is 0 Å². The van der Waals surface area contributed by atoms with E-state index in [4.69, 9.17) is 0 Å². The monoisotopic (exact) mass is 184 g/mol. The van der Waals surface area contributed by atoms with E-state index in [1.807, 2.05) is 0 Å². The van der Waals surface area contributed by atoms with Crippen molar-refractivity contribution in [2.75, 3.05) is 19.6 Å². The van der Waals surface area contributed by atoms with Crippen LogP contribution in [0.3, 0.4) is 0 Å². The van der Waals surface area contributed by atoms with Gasteiger partial charge in [0.15, 0.2) is 0 Å².